The number of benzene rings is 2. The normalized spacial score (nSPS) is 9.46. The Balaban J connectivity index is -0.000000241. The first-order valence-corrected chi connectivity index (χ1v) is 12.1. The Labute approximate surface area is 227 Å². The highest BCUT2D eigenvalue weighted by Crippen LogP contribution is 2.23. The van der Waals surface area contributed by atoms with Gasteiger partial charge in [0.1, 0.15) is 11.6 Å². The van der Waals surface area contributed by atoms with Crippen molar-refractivity contribution in [2.24, 2.45) is 11.5 Å². The molecule has 4 heteroatoms. The molecular weight excluding hydrogens is 454 g/mol. The van der Waals surface area contributed by atoms with Gasteiger partial charge in [0.25, 0.3) is 0 Å². The van der Waals surface area contributed by atoms with Gasteiger partial charge in [-0.05, 0) is 63.1 Å². The average Bonchev–Trinajstić information content (AvgIpc) is 2.95. The Morgan fingerprint density at radius 1 is 0.919 bits per heavy atom. The quantitative estimate of drug-likeness (QED) is 0.233. The smallest absolute Gasteiger partial charge is 0.117 e. The van der Waals surface area contributed by atoms with E-state index in [0.717, 1.165) is 11.3 Å². The van der Waals surface area contributed by atoms with Crippen LogP contribution in [0.1, 0.15) is 45.7 Å². The number of hydrogen-bond acceptors (Lipinski definition) is 4. The number of rotatable bonds is 6. The Morgan fingerprint density at radius 3 is 1.81 bits per heavy atom. The summed E-state index contributed by atoms with van der Waals surface area (Å²) in [5, 5.41) is 12.5. The van der Waals surface area contributed by atoms with Crippen LogP contribution < -0.4 is 16.8 Å². The van der Waals surface area contributed by atoms with Crippen LogP contribution in [0.5, 0.6) is 5.75 Å². The van der Waals surface area contributed by atoms with Crippen molar-refractivity contribution in [1.82, 2.24) is 0 Å². The summed E-state index contributed by atoms with van der Waals surface area (Å²) in [6.45, 7) is 32.5. The Morgan fingerprint density at radius 2 is 1.41 bits per heavy atom. The third-order valence-electron chi connectivity index (χ3n) is 4.24. The largest absolute Gasteiger partial charge is 0.508 e. The summed E-state index contributed by atoms with van der Waals surface area (Å²) in [5.41, 5.74) is 16.2. The number of aromatic hydroxyl groups is 1. The zero-order valence-corrected chi connectivity index (χ0v) is 24.3. The molecule has 0 radical (unpaired) electrons. The fourth-order valence-corrected chi connectivity index (χ4v) is 2.35. The van der Waals surface area contributed by atoms with Crippen molar-refractivity contribution in [2.75, 3.05) is 12.4 Å². The molecule has 0 aliphatic heterocycles. The topological polar surface area (TPSA) is 84.3 Å². The summed E-state index contributed by atoms with van der Waals surface area (Å²) < 4.78 is 0. The number of aryl methyl sites for hydroxylation is 1. The van der Waals surface area contributed by atoms with Crippen LogP contribution in [0, 0.1) is 6.92 Å². The number of allylic oxidation sites excluding steroid dienone is 7. The molecule has 0 atom stereocenters. The molecule has 2 aromatic rings. The van der Waals surface area contributed by atoms with Gasteiger partial charge in [0.15, 0.2) is 0 Å². The van der Waals surface area contributed by atoms with E-state index in [0.29, 0.717) is 17.0 Å². The van der Waals surface area contributed by atoms with E-state index in [-0.39, 0.29) is 5.75 Å². The standard InChI is InChI=1S/C15H18N2O.C10H12.C3H6.C2H6.C2H4.CH5N/c1-5-10(3)13(6-2)15(16)17-14-9-12(18)8-7-11(14)4;1-3-9(2)10-7-5-4-6-8-10;1-3-2;3*1-2/h5-9,17-18H,1-3,16H2,4H3;3-8H,1-2H3;3H,1H2,2H3;1-2H3;1-2H2;2H2,1H3/b15-13-;9-3+;;;;. The van der Waals surface area contributed by atoms with Gasteiger partial charge in [0.05, 0.1) is 0 Å². The fourth-order valence-electron chi connectivity index (χ4n) is 2.35. The van der Waals surface area contributed by atoms with Crippen molar-refractivity contribution < 1.29 is 5.11 Å². The maximum absolute atomic E-state index is 9.45. The average molecular weight is 506 g/mol. The Hall–Kier alpha value is -4.02. The molecule has 0 spiro atoms. The van der Waals surface area contributed by atoms with Crippen molar-refractivity contribution in [3.8, 4) is 5.75 Å². The van der Waals surface area contributed by atoms with Crippen molar-refractivity contribution in [3.63, 3.8) is 0 Å². The molecule has 0 fully saturated rings. The molecule has 0 saturated carbocycles. The van der Waals surface area contributed by atoms with Crippen molar-refractivity contribution in [2.45, 2.75) is 41.5 Å². The maximum Gasteiger partial charge on any atom is 0.117 e. The van der Waals surface area contributed by atoms with E-state index in [1.54, 1.807) is 36.4 Å². The minimum atomic E-state index is 0.179. The second-order valence-corrected chi connectivity index (χ2v) is 6.63. The van der Waals surface area contributed by atoms with Crippen molar-refractivity contribution in [1.29, 1.82) is 0 Å². The molecule has 0 unspecified atom stereocenters. The Bertz CT molecular complexity index is 955. The first-order chi connectivity index (χ1) is 17.7. The van der Waals surface area contributed by atoms with E-state index in [1.165, 1.54) is 18.2 Å². The van der Waals surface area contributed by atoms with E-state index < -0.39 is 0 Å². The molecule has 0 bridgehead atoms. The fraction of sp³-hybridized carbons (Fsp3) is 0.212. The van der Waals surface area contributed by atoms with Crippen LogP contribution in [0.25, 0.3) is 5.57 Å². The van der Waals surface area contributed by atoms with Gasteiger partial charge < -0.3 is 21.9 Å². The lowest BCUT2D eigenvalue weighted by molar-refractivity contribution is 0.475. The molecule has 0 aromatic heterocycles. The number of nitrogens with two attached hydrogens (primary N) is 2. The lowest BCUT2D eigenvalue weighted by atomic mass is 10.1. The molecule has 2 rings (SSSR count). The van der Waals surface area contributed by atoms with E-state index >= 15 is 0 Å². The molecular formula is C33H51N3O. The lowest BCUT2D eigenvalue weighted by Crippen LogP contribution is -2.13. The van der Waals surface area contributed by atoms with E-state index in [1.807, 2.05) is 33.8 Å². The minimum absolute atomic E-state index is 0.179. The number of phenols is 1. The van der Waals surface area contributed by atoms with Crippen LogP contribution in [0.4, 0.5) is 5.69 Å². The summed E-state index contributed by atoms with van der Waals surface area (Å²) in [6, 6.07) is 15.4. The molecule has 0 aliphatic rings. The third kappa shape index (κ3) is 18.9. The van der Waals surface area contributed by atoms with Gasteiger partial charge >= 0.3 is 0 Å². The highest BCUT2D eigenvalue weighted by molar-refractivity contribution is 5.63. The van der Waals surface area contributed by atoms with Crippen LogP contribution >= 0.6 is 0 Å². The third-order valence-corrected chi connectivity index (χ3v) is 4.24. The molecule has 0 saturated heterocycles. The molecule has 204 valence electrons. The van der Waals surface area contributed by atoms with Crippen molar-refractivity contribution in [3.05, 3.63) is 140 Å². The highest BCUT2D eigenvalue weighted by atomic mass is 16.3. The SMILES string of the molecule is C/C=C(\C)c1ccccc1.C=C.C=CC.C=CC(=C)/C(C=C)=C(/N)Nc1cc(O)ccc1C.CC.CN. The summed E-state index contributed by atoms with van der Waals surface area (Å²) in [6.07, 6.45) is 7.10. The van der Waals surface area contributed by atoms with E-state index in [4.69, 9.17) is 5.73 Å². The molecule has 37 heavy (non-hydrogen) atoms. The molecule has 0 heterocycles. The van der Waals surface area contributed by atoms with Gasteiger partial charge in [-0.1, -0.05) is 94.3 Å². The van der Waals surface area contributed by atoms with Crippen LogP contribution in [0.15, 0.2) is 129 Å². The molecule has 0 amide bonds. The predicted octanol–water partition coefficient (Wildman–Crippen LogP) is 8.92. The first-order valence-electron chi connectivity index (χ1n) is 12.1. The summed E-state index contributed by atoms with van der Waals surface area (Å²) >= 11 is 0. The second kappa shape index (κ2) is 28.2. The van der Waals surface area contributed by atoms with E-state index in [2.05, 4.69) is 94.7 Å². The maximum atomic E-state index is 9.45. The van der Waals surface area contributed by atoms with Crippen LogP contribution in [0.3, 0.4) is 0 Å². The first kappa shape index (κ1) is 40.2. The minimum Gasteiger partial charge on any atom is -0.508 e. The van der Waals surface area contributed by atoms with Crippen molar-refractivity contribution >= 4 is 11.3 Å². The summed E-state index contributed by atoms with van der Waals surface area (Å²) in [4.78, 5) is 0. The van der Waals surface area contributed by atoms with Gasteiger partial charge in [0.2, 0.25) is 0 Å². The van der Waals surface area contributed by atoms with Gasteiger partial charge in [0, 0.05) is 17.3 Å². The van der Waals surface area contributed by atoms with Gasteiger partial charge in [-0.25, -0.2) is 0 Å². The monoisotopic (exact) mass is 505 g/mol. The van der Waals surface area contributed by atoms with E-state index in [9.17, 15) is 5.11 Å². The van der Waals surface area contributed by atoms with Crippen LogP contribution in [-0.4, -0.2) is 12.2 Å². The molecule has 2 aromatic carbocycles. The Kier molecular flexibility index (Phi) is 30.6. The van der Waals surface area contributed by atoms with Crippen LogP contribution in [-0.2, 0) is 0 Å². The second-order valence-electron chi connectivity index (χ2n) is 6.63. The number of phenolic OH excluding ortho intramolecular Hbond substituents is 1. The highest BCUT2D eigenvalue weighted by Gasteiger charge is 2.05. The number of hydrogen-bond donors (Lipinski definition) is 4. The number of anilines is 1. The zero-order chi connectivity index (χ0) is 29.8. The lowest BCUT2D eigenvalue weighted by Gasteiger charge is -2.13. The summed E-state index contributed by atoms with van der Waals surface area (Å²) in [7, 11) is 1.50. The van der Waals surface area contributed by atoms with Gasteiger partial charge in [-0.2, -0.15) is 0 Å². The molecule has 4 nitrogen and oxygen atoms in total. The summed E-state index contributed by atoms with van der Waals surface area (Å²) in [5.74, 6) is 0.599. The molecule has 0 aliphatic carbocycles. The predicted molar refractivity (Wildman–Crippen MR) is 172 cm³/mol. The van der Waals surface area contributed by atoms with Gasteiger partial charge in [-0.3, -0.25) is 0 Å². The number of nitrogens with one attached hydrogen (secondary N) is 1. The van der Waals surface area contributed by atoms with Crippen LogP contribution in [0.2, 0.25) is 0 Å². The molecule has 6 N–H and O–H groups in total. The zero-order valence-electron chi connectivity index (χ0n) is 24.3. The van der Waals surface area contributed by atoms with Gasteiger partial charge in [-0.15, -0.1) is 19.7 Å².